The first-order valence-corrected chi connectivity index (χ1v) is 6.29. The van der Waals surface area contributed by atoms with E-state index in [1.165, 1.54) is 4.68 Å². The number of aromatic amines is 1. The van der Waals surface area contributed by atoms with Crippen molar-refractivity contribution in [2.24, 2.45) is 0 Å². The summed E-state index contributed by atoms with van der Waals surface area (Å²) in [6, 6.07) is 8.15. The molecule has 0 saturated heterocycles. The molecule has 0 aliphatic carbocycles. The molecule has 2 aromatic rings. The van der Waals surface area contributed by atoms with Crippen LogP contribution in [-0.2, 0) is 0 Å². The van der Waals surface area contributed by atoms with Gasteiger partial charge in [0.15, 0.2) is 0 Å². The Kier molecular flexibility index (Phi) is 3.76. The molecule has 0 bridgehead atoms. The van der Waals surface area contributed by atoms with Crippen LogP contribution in [0.4, 0.5) is 0 Å². The van der Waals surface area contributed by atoms with Crippen molar-refractivity contribution in [2.75, 3.05) is 0 Å². The third kappa shape index (κ3) is 2.37. The van der Waals surface area contributed by atoms with Crippen molar-refractivity contribution >= 4 is 0 Å². The molecule has 1 heterocycles. The minimum atomic E-state index is -0.763. The quantitative estimate of drug-likeness (QED) is 0.811. The summed E-state index contributed by atoms with van der Waals surface area (Å²) >= 11 is 0. The van der Waals surface area contributed by atoms with Gasteiger partial charge in [0.1, 0.15) is 0 Å². The van der Waals surface area contributed by atoms with E-state index in [-0.39, 0.29) is 0 Å². The van der Waals surface area contributed by atoms with E-state index < -0.39 is 23.5 Å². The Balaban J connectivity index is 2.53. The second-order valence-electron chi connectivity index (χ2n) is 4.67. The molecular weight excluding hydrogens is 258 g/mol. The van der Waals surface area contributed by atoms with Gasteiger partial charge in [0.2, 0.25) is 0 Å². The van der Waals surface area contributed by atoms with Crippen LogP contribution in [0.15, 0.2) is 52.1 Å². The topological polar surface area (TPSA) is 80.0 Å². The Hall–Kier alpha value is -2.34. The predicted molar refractivity (Wildman–Crippen MR) is 76.2 cm³/mol. The van der Waals surface area contributed by atoms with Crippen LogP contribution in [0.2, 0.25) is 0 Å². The number of hydrogen-bond acceptors (Lipinski definition) is 3. The van der Waals surface area contributed by atoms with E-state index in [1.807, 2.05) is 0 Å². The lowest BCUT2D eigenvalue weighted by Crippen LogP contribution is -2.30. The van der Waals surface area contributed by atoms with E-state index >= 15 is 0 Å². The molecule has 6 nitrogen and oxygen atoms in total. The summed E-state index contributed by atoms with van der Waals surface area (Å²) in [6.45, 7) is 7.00. The molecule has 0 amide bonds. The van der Waals surface area contributed by atoms with Crippen LogP contribution >= 0.6 is 0 Å². The molecule has 0 fully saturated rings. The number of benzene rings is 1. The fourth-order valence-corrected chi connectivity index (χ4v) is 1.98. The molecule has 20 heavy (non-hydrogen) atoms. The zero-order valence-corrected chi connectivity index (χ0v) is 11.4. The number of H-pyrrole nitrogens is 1. The van der Waals surface area contributed by atoms with Crippen LogP contribution in [0.5, 0.6) is 0 Å². The molecule has 0 unspecified atom stereocenters. The summed E-state index contributed by atoms with van der Waals surface area (Å²) in [4.78, 5) is 24.3. The zero-order valence-electron chi connectivity index (χ0n) is 11.4. The number of aliphatic hydroxyl groups excluding tert-OH is 1. The predicted octanol–water partition coefficient (Wildman–Crippen LogP) is 0.825. The van der Waals surface area contributed by atoms with Crippen molar-refractivity contribution in [3.8, 4) is 5.69 Å². The third-order valence-electron chi connectivity index (χ3n) is 3.29. The maximum Gasteiger partial charge on any atom is 0.352 e. The first-order valence-electron chi connectivity index (χ1n) is 6.29. The molecule has 1 aromatic heterocycles. The maximum atomic E-state index is 12.3. The first-order chi connectivity index (χ1) is 9.43. The van der Waals surface area contributed by atoms with Crippen molar-refractivity contribution in [3.63, 3.8) is 0 Å². The molecule has 1 aromatic carbocycles. The van der Waals surface area contributed by atoms with E-state index in [0.29, 0.717) is 11.3 Å². The maximum absolute atomic E-state index is 12.3. The number of nitrogens with one attached hydrogen (secondary N) is 1. The number of aliphatic hydroxyl groups is 1. The summed E-state index contributed by atoms with van der Waals surface area (Å²) in [5, 5.41) is 12.0. The third-order valence-corrected chi connectivity index (χ3v) is 3.29. The van der Waals surface area contributed by atoms with Crippen LogP contribution in [-0.4, -0.2) is 25.6 Å². The van der Waals surface area contributed by atoms with Gasteiger partial charge in [-0.15, -0.1) is 0 Å². The van der Waals surface area contributed by atoms with Crippen molar-refractivity contribution < 1.29 is 5.11 Å². The van der Waals surface area contributed by atoms with Gasteiger partial charge in [0, 0.05) is 0 Å². The first kappa shape index (κ1) is 14.1. The molecule has 0 aliphatic rings. The summed E-state index contributed by atoms with van der Waals surface area (Å²) in [6.07, 6.45) is -0.763. The Morgan fingerprint density at radius 2 is 1.85 bits per heavy atom. The van der Waals surface area contributed by atoms with Crippen molar-refractivity contribution in [1.82, 2.24) is 14.3 Å². The van der Waals surface area contributed by atoms with Crippen LogP contribution in [0, 0.1) is 0 Å². The summed E-state index contributed by atoms with van der Waals surface area (Å²) in [5.74, 6) is 0. The standard InChI is InChI=1S/C14H17N3O3/c1-9(11(3)18)10(2)17-14(20)16(13(19)15-17)12-7-5-4-6-8-12/h4-8,10-11,18H,1H2,2-3H3,(H,15,19)/t10-,11+/m1/s1. The zero-order chi connectivity index (χ0) is 14.9. The van der Waals surface area contributed by atoms with Crippen LogP contribution in [0.3, 0.4) is 0 Å². The average molecular weight is 275 g/mol. The number of para-hydroxylation sites is 1. The molecule has 2 atom stereocenters. The van der Waals surface area contributed by atoms with Gasteiger partial charge in [0.25, 0.3) is 0 Å². The molecule has 0 spiro atoms. The smallest absolute Gasteiger partial charge is 0.352 e. The second-order valence-corrected chi connectivity index (χ2v) is 4.67. The van der Waals surface area contributed by atoms with Gasteiger partial charge in [-0.1, -0.05) is 24.8 Å². The summed E-state index contributed by atoms with van der Waals surface area (Å²) < 4.78 is 2.22. The summed E-state index contributed by atoms with van der Waals surface area (Å²) in [5.41, 5.74) is -0.0668. The van der Waals surface area contributed by atoms with E-state index in [0.717, 1.165) is 4.57 Å². The normalized spacial score (nSPS) is 13.9. The van der Waals surface area contributed by atoms with E-state index in [1.54, 1.807) is 44.2 Å². The average Bonchev–Trinajstić information content (AvgIpc) is 2.73. The fraction of sp³-hybridized carbons (Fsp3) is 0.286. The Bertz CT molecular complexity index is 722. The number of aromatic nitrogens is 3. The molecule has 106 valence electrons. The second kappa shape index (κ2) is 5.34. The van der Waals surface area contributed by atoms with E-state index in [9.17, 15) is 14.7 Å². The van der Waals surface area contributed by atoms with Gasteiger partial charge in [0.05, 0.1) is 17.8 Å². The van der Waals surface area contributed by atoms with E-state index in [4.69, 9.17) is 0 Å². The highest BCUT2D eigenvalue weighted by Crippen LogP contribution is 2.15. The largest absolute Gasteiger partial charge is 0.389 e. The molecule has 0 aliphatic heterocycles. The highest BCUT2D eigenvalue weighted by molar-refractivity contribution is 5.30. The Morgan fingerprint density at radius 1 is 1.25 bits per heavy atom. The van der Waals surface area contributed by atoms with Crippen molar-refractivity contribution in [1.29, 1.82) is 0 Å². The molecule has 0 radical (unpaired) electrons. The highest BCUT2D eigenvalue weighted by atomic mass is 16.3. The van der Waals surface area contributed by atoms with Crippen molar-refractivity contribution in [2.45, 2.75) is 26.0 Å². The SMILES string of the molecule is C=C([C@H](C)O)[C@@H](C)n1[nH]c(=O)n(-c2ccccc2)c1=O. The van der Waals surface area contributed by atoms with Crippen LogP contribution in [0.25, 0.3) is 5.69 Å². The highest BCUT2D eigenvalue weighted by Gasteiger charge is 2.19. The lowest BCUT2D eigenvalue weighted by Gasteiger charge is -2.16. The molecule has 6 heteroatoms. The van der Waals surface area contributed by atoms with Gasteiger partial charge in [-0.05, 0) is 31.6 Å². The summed E-state index contributed by atoms with van der Waals surface area (Å²) in [7, 11) is 0. The van der Waals surface area contributed by atoms with Gasteiger partial charge < -0.3 is 5.11 Å². The van der Waals surface area contributed by atoms with Crippen LogP contribution in [0.1, 0.15) is 19.9 Å². The minimum absolute atomic E-state index is 0.452. The van der Waals surface area contributed by atoms with Crippen LogP contribution < -0.4 is 11.4 Å². The molecule has 2 rings (SSSR count). The lowest BCUT2D eigenvalue weighted by atomic mass is 10.1. The number of rotatable bonds is 4. The number of hydrogen-bond donors (Lipinski definition) is 2. The fourth-order valence-electron chi connectivity index (χ4n) is 1.98. The molecule has 2 N–H and O–H groups in total. The van der Waals surface area contributed by atoms with Gasteiger partial charge in [-0.3, -0.25) is 0 Å². The monoisotopic (exact) mass is 275 g/mol. The number of nitrogens with zero attached hydrogens (tertiary/aromatic N) is 2. The Morgan fingerprint density at radius 3 is 2.40 bits per heavy atom. The molecular formula is C14H17N3O3. The van der Waals surface area contributed by atoms with Gasteiger partial charge in [-0.25, -0.2) is 23.9 Å². The van der Waals surface area contributed by atoms with E-state index in [2.05, 4.69) is 11.7 Å². The minimum Gasteiger partial charge on any atom is -0.389 e. The van der Waals surface area contributed by atoms with Gasteiger partial charge >= 0.3 is 11.4 Å². The molecule has 0 saturated carbocycles. The van der Waals surface area contributed by atoms with Crippen molar-refractivity contribution in [3.05, 3.63) is 63.5 Å². The lowest BCUT2D eigenvalue weighted by molar-refractivity contribution is 0.216. The Labute approximate surface area is 115 Å². The van der Waals surface area contributed by atoms with Gasteiger partial charge in [-0.2, -0.15) is 0 Å².